The van der Waals surface area contributed by atoms with E-state index in [1.165, 1.54) is 6.08 Å². The molecule has 13 heavy (non-hydrogen) atoms. The minimum absolute atomic E-state index is 0.00894. The number of carboxylic acids is 2. The zero-order valence-electron chi connectivity index (χ0n) is 7.30. The number of carbonyl (C=O) groups is 2. The largest absolute Gasteiger partial charge is 0.481 e. The quantitative estimate of drug-likeness (QED) is 0.498. The molecule has 0 heterocycles. The molecule has 0 aromatic heterocycles. The van der Waals surface area contributed by atoms with Gasteiger partial charge in [-0.15, -0.1) is 0 Å². The molecule has 0 aliphatic carbocycles. The Bertz CT molecular complexity index is 226. The lowest BCUT2D eigenvalue weighted by atomic mass is 10.1. The Balaban J connectivity index is 4.12. The number of aliphatic carboxylic acids is 2. The lowest BCUT2D eigenvalue weighted by Gasteiger charge is -2.01. The van der Waals surface area contributed by atoms with Gasteiger partial charge in [0.1, 0.15) is 0 Å². The van der Waals surface area contributed by atoms with E-state index in [1.54, 1.807) is 18.2 Å². The number of carboxylic acid groups (broad SMARTS) is 2. The molecule has 0 aromatic carbocycles. The summed E-state index contributed by atoms with van der Waals surface area (Å²) >= 11 is 0. The average Bonchev–Trinajstić information content (AvgIpc) is 2.02. The standard InChI is InChI=1S/C9H12O4/c1-2-3-4-5-6-7(8(10)11)9(12)13/h2-5,7H,6H2,1H3,(H,10,11)(H,12,13)/b3-2+,5-4+. The third-order valence-electron chi connectivity index (χ3n) is 1.41. The van der Waals surface area contributed by atoms with Crippen LogP contribution in [0.4, 0.5) is 0 Å². The Labute approximate surface area is 76.2 Å². The van der Waals surface area contributed by atoms with E-state index in [2.05, 4.69) is 0 Å². The van der Waals surface area contributed by atoms with E-state index in [0.717, 1.165) is 0 Å². The SMILES string of the molecule is C/C=C/C=C/CC(C(=O)O)C(=O)O. The lowest BCUT2D eigenvalue weighted by Crippen LogP contribution is -2.22. The Kier molecular flexibility index (Phi) is 5.27. The van der Waals surface area contributed by atoms with Gasteiger partial charge >= 0.3 is 11.9 Å². The maximum absolute atomic E-state index is 10.4. The van der Waals surface area contributed by atoms with E-state index in [1.807, 2.05) is 6.92 Å². The van der Waals surface area contributed by atoms with Crippen molar-refractivity contribution in [1.29, 1.82) is 0 Å². The molecule has 72 valence electrons. The molecule has 2 N–H and O–H groups in total. The smallest absolute Gasteiger partial charge is 0.318 e. The molecule has 0 spiro atoms. The van der Waals surface area contributed by atoms with Crippen molar-refractivity contribution in [3.63, 3.8) is 0 Å². The van der Waals surface area contributed by atoms with Crippen LogP contribution in [0.15, 0.2) is 24.3 Å². The summed E-state index contributed by atoms with van der Waals surface area (Å²) in [5, 5.41) is 16.9. The summed E-state index contributed by atoms with van der Waals surface area (Å²) in [7, 11) is 0. The second-order valence-corrected chi connectivity index (χ2v) is 2.42. The van der Waals surface area contributed by atoms with Crippen LogP contribution < -0.4 is 0 Å². The topological polar surface area (TPSA) is 74.6 Å². The lowest BCUT2D eigenvalue weighted by molar-refractivity contribution is -0.154. The van der Waals surface area contributed by atoms with E-state index < -0.39 is 17.9 Å². The molecule has 0 rings (SSSR count). The van der Waals surface area contributed by atoms with Crippen molar-refractivity contribution in [2.24, 2.45) is 5.92 Å². The maximum atomic E-state index is 10.4. The van der Waals surface area contributed by atoms with Crippen LogP contribution in [0.3, 0.4) is 0 Å². The van der Waals surface area contributed by atoms with E-state index in [-0.39, 0.29) is 6.42 Å². The fraction of sp³-hybridized carbons (Fsp3) is 0.333. The van der Waals surface area contributed by atoms with E-state index in [4.69, 9.17) is 10.2 Å². The van der Waals surface area contributed by atoms with Gasteiger partial charge in [0.05, 0.1) is 0 Å². The fourth-order valence-corrected chi connectivity index (χ4v) is 0.712. The summed E-state index contributed by atoms with van der Waals surface area (Å²) in [5.74, 6) is -3.96. The van der Waals surface area contributed by atoms with Crippen molar-refractivity contribution in [3.8, 4) is 0 Å². The number of hydrogen-bond donors (Lipinski definition) is 2. The first-order valence-corrected chi connectivity index (χ1v) is 3.83. The first kappa shape index (κ1) is 11.4. The molecule has 0 aromatic rings. The van der Waals surface area contributed by atoms with Crippen molar-refractivity contribution in [2.45, 2.75) is 13.3 Å². The van der Waals surface area contributed by atoms with Gasteiger partial charge in [-0.05, 0) is 13.3 Å². The Morgan fingerprint density at radius 1 is 1.23 bits per heavy atom. The molecular weight excluding hydrogens is 172 g/mol. The van der Waals surface area contributed by atoms with Gasteiger partial charge in [0.15, 0.2) is 5.92 Å². The van der Waals surface area contributed by atoms with E-state index in [0.29, 0.717) is 0 Å². The minimum atomic E-state index is -1.35. The van der Waals surface area contributed by atoms with Crippen molar-refractivity contribution < 1.29 is 19.8 Å². The van der Waals surface area contributed by atoms with Gasteiger partial charge in [-0.2, -0.15) is 0 Å². The average molecular weight is 184 g/mol. The summed E-state index contributed by atoms with van der Waals surface area (Å²) in [5.41, 5.74) is 0. The van der Waals surface area contributed by atoms with Crippen LogP contribution in [-0.2, 0) is 9.59 Å². The van der Waals surface area contributed by atoms with Gasteiger partial charge in [0.25, 0.3) is 0 Å². The third kappa shape index (κ3) is 4.79. The molecule has 0 aliphatic rings. The second kappa shape index (κ2) is 5.99. The minimum Gasteiger partial charge on any atom is -0.481 e. The number of hydrogen-bond acceptors (Lipinski definition) is 2. The summed E-state index contributed by atoms with van der Waals surface area (Å²) in [6.07, 6.45) is 6.63. The van der Waals surface area contributed by atoms with Crippen LogP contribution in [0, 0.1) is 5.92 Å². The zero-order chi connectivity index (χ0) is 10.3. The molecule has 0 bridgehead atoms. The fourth-order valence-electron chi connectivity index (χ4n) is 0.712. The zero-order valence-corrected chi connectivity index (χ0v) is 7.30. The highest BCUT2D eigenvalue weighted by Crippen LogP contribution is 2.04. The predicted octanol–water partition coefficient (Wildman–Crippen LogP) is 1.29. The molecule has 0 aliphatic heterocycles. The van der Waals surface area contributed by atoms with Crippen LogP contribution in [-0.4, -0.2) is 22.2 Å². The van der Waals surface area contributed by atoms with Crippen molar-refractivity contribution >= 4 is 11.9 Å². The van der Waals surface area contributed by atoms with Crippen LogP contribution in [0.2, 0.25) is 0 Å². The Hall–Kier alpha value is -1.58. The number of rotatable bonds is 5. The van der Waals surface area contributed by atoms with Crippen LogP contribution in [0.1, 0.15) is 13.3 Å². The summed E-state index contributed by atoms with van der Waals surface area (Å²) in [4.78, 5) is 20.7. The highest BCUT2D eigenvalue weighted by atomic mass is 16.4. The molecule has 0 fully saturated rings. The summed E-state index contributed by atoms with van der Waals surface area (Å²) < 4.78 is 0. The number of allylic oxidation sites excluding steroid dienone is 4. The van der Waals surface area contributed by atoms with Gasteiger partial charge in [0, 0.05) is 0 Å². The molecule has 0 atom stereocenters. The van der Waals surface area contributed by atoms with Crippen molar-refractivity contribution in [2.75, 3.05) is 0 Å². The highest BCUT2D eigenvalue weighted by Gasteiger charge is 2.23. The van der Waals surface area contributed by atoms with Gasteiger partial charge in [-0.3, -0.25) is 9.59 Å². The monoisotopic (exact) mass is 184 g/mol. The van der Waals surface area contributed by atoms with Crippen LogP contribution in [0.25, 0.3) is 0 Å². The van der Waals surface area contributed by atoms with E-state index >= 15 is 0 Å². The molecular formula is C9H12O4. The first-order chi connectivity index (χ1) is 6.09. The normalized spacial score (nSPS) is 11.5. The molecule has 0 amide bonds. The molecule has 0 radical (unpaired) electrons. The first-order valence-electron chi connectivity index (χ1n) is 3.83. The van der Waals surface area contributed by atoms with Gasteiger partial charge in [-0.1, -0.05) is 24.3 Å². The molecule has 0 saturated carbocycles. The van der Waals surface area contributed by atoms with Crippen LogP contribution >= 0.6 is 0 Å². The van der Waals surface area contributed by atoms with E-state index in [9.17, 15) is 9.59 Å². The van der Waals surface area contributed by atoms with Gasteiger partial charge in [-0.25, -0.2) is 0 Å². The van der Waals surface area contributed by atoms with Gasteiger partial charge < -0.3 is 10.2 Å². The molecule has 0 unspecified atom stereocenters. The Morgan fingerprint density at radius 3 is 2.15 bits per heavy atom. The molecule has 4 heteroatoms. The molecule has 4 nitrogen and oxygen atoms in total. The second-order valence-electron chi connectivity index (χ2n) is 2.42. The Morgan fingerprint density at radius 2 is 1.77 bits per heavy atom. The van der Waals surface area contributed by atoms with Crippen molar-refractivity contribution in [3.05, 3.63) is 24.3 Å². The van der Waals surface area contributed by atoms with Crippen molar-refractivity contribution in [1.82, 2.24) is 0 Å². The molecule has 0 saturated heterocycles. The summed E-state index contributed by atoms with van der Waals surface area (Å²) in [6, 6.07) is 0. The highest BCUT2D eigenvalue weighted by molar-refractivity contribution is 5.92. The van der Waals surface area contributed by atoms with Crippen LogP contribution in [0.5, 0.6) is 0 Å². The third-order valence-corrected chi connectivity index (χ3v) is 1.41. The predicted molar refractivity (Wildman–Crippen MR) is 47.3 cm³/mol. The summed E-state index contributed by atoms with van der Waals surface area (Å²) in [6.45, 7) is 1.82. The van der Waals surface area contributed by atoms with Gasteiger partial charge in [0.2, 0.25) is 0 Å². The maximum Gasteiger partial charge on any atom is 0.318 e.